The Labute approximate surface area is 134 Å². The fraction of sp³-hybridized carbons (Fsp3) is 0.231. The van der Waals surface area contributed by atoms with E-state index in [9.17, 15) is 36.7 Å². The highest BCUT2D eigenvalue weighted by molar-refractivity contribution is 6.14. The van der Waals surface area contributed by atoms with Gasteiger partial charge in [0.2, 0.25) is 5.67 Å². The van der Waals surface area contributed by atoms with Gasteiger partial charge in [-0.05, 0) is 13.0 Å². The van der Waals surface area contributed by atoms with Crippen LogP contribution in [0.5, 0.6) is 0 Å². The molecule has 12 heteroatoms. The van der Waals surface area contributed by atoms with Gasteiger partial charge in [-0.1, -0.05) is 0 Å². The van der Waals surface area contributed by atoms with Gasteiger partial charge in [-0.3, -0.25) is 0 Å². The van der Waals surface area contributed by atoms with Crippen molar-refractivity contribution in [2.24, 2.45) is 0 Å². The smallest absolute Gasteiger partial charge is 0.426 e. The minimum atomic E-state index is -5.74. The number of hydrogen-bond donors (Lipinski definition) is 4. The summed E-state index contributed by atoms with van der Waals surface area (Å²) in [6.07, 6.45) is -5.74. The van der Waals surface area contributed by atoms with Crippen molar-refractivity contribution in [2.45, 2.75) is 18.8 Å². The molecule has 1 aromatic carbocycles. The molecule has 0 amide bonds. The Kier molecular flexibility index (Phi) is 4.79. The lowest BCUT2D eigenvalue weighted by Gasteiger charge is -2.27. The second-order valence-corrected chi connectivity index (χ2v) is 4.82. The topological polar surface area (TPSA) is 149 Å². The molecule has 0 saturated carbocycles. The third kappa shape index (κ3) is 3.22. The lowest BCUT2D eigenvalue weighted by Crippen LogP contribution is -2.38. The van der Waals surface area contributed by atoms with E-state index in [-0.39, 0.29) is 13.0 Å². The van der Waals surface area contributed by atoms with Gasteiger partial charge in [-0.15, -0.1) is 0 Å². The number of carboxylic acids is 4. The summed E-state index contributed by atoms with van der Waals surface area (Å²) < 4.78 is 53.0. The van der Waals surface area contributed by atoms with E-state index in [0.29, 0.717) is 0 Å². The van der Waals surface area contributed by atoms with Crippen LogP contribution in [-0.2, 0) is 5.67 Å². The molecule has 0 aliphatic rings. The second-order valence-electron chi connectivity index (χ2n) is 4.82. The standard InChI is InChI=1S/C13H8F4O8/c1-12(14,13(15,16)17)4-2-3(8(18)19)5(9(20)21)7(11(24)25)6(4)10(22)23/h2H,1H3,(H,18,19)(H,20,21)(H,22,23)(H,24,25). The SMILES string of the molecule is CC(F)(c1cc(C(=O)O)c(C(=O)O)c(C(=O)O)c1C(=O)O)C(F)(F)F. The molecule has 8 nitrogen and oxygen atoms in total. The summed E-state index contributed by atoms with van der Waals surface area (Å²) in [6.45, 7) is -0.146. The monoisotopic (exact) mass is 368 g/mol. The summed E-state index contributed by atoms with van der Waals surface area (Å²) in [6, 6.07) is -0.144. The number of hydrogen-bond acceptors (Lipinski definition) is 4. The Hall–Kier alpha value is -3.18. The van der Waals surface area contributed by atoms with Crippen molar-refractivity contribution < 1.29 is 57.2 Å². The first-order chi connectivity index (χ1) is 11.1. The van der Waals surface area contributed by atoms with Gasteiger partial charge >= 0.3 is 30.1 Å². The zero-order valence-electron chi connectivity index (χ0n) is 12.0. The number of carbonyl (C=O) groups is 4. The molecule has 1 aromatic rings. The zero-order valence-corrected chi connectivity index (χ0v) is 12.0. The maximum atomic E-state index is 14.2. The Balaban J connectivity index is 4.25. The normalized spacial score (nSPS) is 13.8. The van der Waals surface area contributed by atoms with Crippen molar-refractivity contribution in [1.29, 1.82) is 0 Å². The van der Waals surface area contributed by atoms with E-state index < -0.39 is 63.5 Å². The highest BCUT2D eigenvalue weighted by atomic mass is 19.4. The highest BCUT2D eigenvalue weighted by Gasteiger charge is 2.56. The largest absolute Gasteiger partial charge is 0.478 e. The van der Waals surface area contributed by atoms with Crippen molar-refractivity contribution in [1.82, 2.24) is 0 Å². The van der Waals surface area contributed by atoms with Crippen LogP contribution in [0.3, 0.4) is 0 Å². The van der Waals surface area contributed by atoms with Crippen LogP contribution < -0.4 is 0 Å². The molecule has 0 aliphatic heterocycles. The minimum Gasteiger partial charge on any atom is -0.478 e. The first kappa shape index (κ1) is 19.9. The van der Waals surface area contributed by atoms with E-state index in [2.05, 4.69) is 0 Å². The van der Waals surface area contributed by atoms with Crippen molar-refractivity contribution in [2.75, 3.05) is 0 Å². The maximum absolute atomic E-state index is 14.2. The predicted octanol–water partition coefficient (Wildman–Crippen LogP) is 2.23. The second kappa shape index (κ2) is 6.03. The summed E-state index contributed by atoms with van der Waals surface area (Å²) in [5.41, 5.74) is -13.0. The summed E-state index contributed by atoms with van der Waals surface area (Å²) in [7, 11) is 0. The van der Waals surface area contributed by atoms with Crippen molar-refractivity contribution >= 4 is 23.9 Å². The summed E-state index contributed by atoms with van der Waals surface area (Å²) in [5, 5.41) is 35.9. The van der Waals surface area contributed by atoms with Gasteiger partial charge in [0.25, 0.3) is 0 Å². The molecule has 0 aromatic heterocycles. The molecule has 1 unspecified atom stereocenters. The summed E-state index contributed by atoms with van der Waals surface area (Å²) in [5.74, 6) is -9.13. The lowest BCUT2D eigenvalue weighted by atomic mass is 9.84. The molecule has 1 atom stereocenters. The number of aromatic carboxylic acids is 4. The van der Waals surface area contributed by atoms with Gasteiger partial charge in [0.15, 0.2) is 0 Å². The fourth-order valence-electron chi connectivity index (χ4n) is 2.03. The van der Waals surface area contributed by atoms with Crippen LogP contribution in [-0.4, -0.2) is 50.5 Å². The van der Waals surface area contributed by atoms with E-state index in [1.807, 2.05) is 0 Å². The van der Waals surface area contributed by atoms with E-state index in [1.54, 1.807) is 0 Å². The Bertz CT molecular complexity index is 794. The van der Waals surface area contributed by atoms with Gasteiger partial charge in [0.05, 0.1) is 22.3 Å². The Morgan fingerprint density at radius 3 is 1.44 bits per heavy atom. The molecule has 0 fully saturated rings. The Morgan fingerprint density at radius 1 is 0.760 bits per heavy atom. The average Bonchev–Trinajstić information content (AvgIpc) is 2.42. The molecule has 25 heavy (non-hydrogen) atoms. The van der Waals surface area contributed by atoms with Crippen LogP contribution in [0.1, 0.15) is 53.9 Å². The van der Waals surface area contributed by atoms with Gasteiger partial charge in [-0.2, -0.15) is 13.2 Å². The fourth-order valence-corrected chi connectivity index (χ4v) is 2.03. The van der Waals surface area contributed by atoms with Crippen LogP contribution >= 0.6 is 0 Å². The molecule has 136 valence electrons. The molecular formula is C13H8F4O8. The number of alkyl halides is 4. The van der Waals surface area contributed by atoms with Crippen LogP contribution in [0.15, 0.2) is 6.07 Å². The van der Waals surface area contributed by atoms with Crippen LogP contribution in [0.2, 0.25) is 0 Å². The Morgan fingerprint density at radius 2 is 1.16 bits per heavy atom. The van der Waals surface area contributed by atoms with Crippen molar-refractivity contribution in [3.05, 3.63) is 33.9 Å². The van der Waals surface area contributed by atoms with E-state index in [1.165, 1.54) is 0 Å². The molecule has 0 heterocycles. The third-order valence-corrected chi connectivity index (χ3v) is 3.24. The zero-order chi connectivity index (χ0) is 19.9. The molecule has 4 N–H and O–H groups in total. The lowest BCUT2D eigenvalue weighted by molar-refractivity contribution is -0.228. The first-order valence-electron chi connectivity index (χ1n) is 6.04. The highest BCUT2D eigenvalue weighted by Crippen LogP contribution is 2.45. The van der Waals surface area contributed by atoms with Crippen LogP contribution in [0, 0.1) is 0 Å². The third-order valence-electron chi connectivity index (χ3n) is 3.24. The molecule has 0 bridgehead atoms. The van der Waals surface area contributed by atoms with Gasteiger partial charge in [-0.25, -0.2) is 23.6 Å². The summed E-state index contributed by atoms with van der Waals surface area (Å²) >= 11 is 0. The quantitative estimate of drug-likeness (QED) is 0.578. The van der Waals surface area contributed by atoms with Gasteiger partial charge in [0, 0.05) is 5.56 Å². The molecular weight excluding hydrogens is 360 g/mol. The van der Waals surface area contributed by atoms with Crippen LogP contribution in [0.4, 0.5) is 17.6 Å². The number of benzene rings is 1. The minimum absolute atomic E-state index is 0.144. The van der Waals surface area contributed by atoms with Crippen molar-refractivity contribution in [3.8, 4) is 0 Å². The van der Waals surface area contributed by atoms with E-state index in [0.717, 1.165) is 0 Å². The van der Waals surface area contributed by atoms with E-state index >= 15 is 0 Å². The number of carboxylic acid groups (broad SMARTS) is 4. The van der Waals surface area contributed by atoms with Gasteiger partial charge < -0.3 is 20.4 Å². The molecule has 1 rings (SSSR count). The molecule has 0 spiro atoms. The molecule has 0 aliphatic carbocycles. The maximum Gasteiger partial charge on any atom is 0.426 e. The molecule has 0 saturated heterocycles. The number of halogens is 4. The summed E-state index contributed by atoms with van der Waals surface area (Å²) in [4.78, 5) is 44.7. The average molecular weight is 368 g/mol. The number of rotatable bonds is 5. The van der Waals surface area contributed by atoms with Crippen molar-refractivity contribution in [3.63, 3.8) is 0 Å². The van der Waals surface area contributed by atoms with Crippen LogP contribution in [0.25, 0.3) is 0 Å². The van der Waals surface area contributed by atoms with E-state index in [4.69, 9.17) is 20.4 Å². The predicted molar refractivity (Wildman–Crippen MR) is 68.8 cm³/mol. The first-order valence-corrected chi connectivity index (χ1v) is 6.04. The van der Waals surface area contributed by atoms with Gasteiger partial charge in [0.1, 0.15) is 0 Å². The molecule has 0 radical (unpaired) electrons.